The minimum atomic E-state index is -3.56. The zero-order valence-corrected chi connectivity index (χ0v) is 9.02. The average molecular weight is 248 g/mol. The molecule has 0 aliphatic heterocycles. The van der Waals surface area contributed by atoms with Crippen molar-refractivity contribution in [2.24, 2.45) is 0 Å². The fourth-order valence-electron chi connectivity index (χ4n) is 1.26. The van der Waals surface area contributed by atoms with Gasteiger partial charge in [-0.15, -0.1) is 0 Å². The molecule has 0 unspecified atom stereocenters. The molecule has 1 fully saturated rings. The maximum absolute atomic E-state index is 13.2. The Bertz CT molecular complexity index is 527. The number of hydrogen-bond donors (Lipinski definition) is 2. The zero-order chi connectivity index (χ0) is 11.9. The number of benzene rings is 1. The van der Waals surface area contributed by atoms with E-state index in [0.717, 1.165) is 6.07 Å². The Labute approximate surface area is 91.5 Å². The number of nitrogens with one attached hydrogen (secondary N) is 1. The van der Waals surface area contributed by atoms with Crippen LogP contribution in [0, 0.1) is 11.6 Å². The summed E-state index contributed by atoms with van der Waals surface area (Å²) < 4.78 is 51.1. The first kappa shape index (κ1) is 11.1. The Morgan fingerprint density at radius 1 is 1.25 bits per heavy atom. The van der Waals surface area contributed by atoms with E-state index in [4.69, 9.17) is 5.73 Å². The van der Waals surface area contributed by atoms with E-state index < -0.39 is 26.9 Å². The second-order valence-corrected chi connectivity index (χ2v) is 5.66. The van der Waals surface area contributed by atoms with Gasteiger partial charge in [-0.05, 0) is 18.9 Å². The molecule has 4 nitrogen and oxygen atoms in total. The largest absolute Gasteiger partial charge is 0.396 e. The van der Waals surface area contributed by atoms with Gasteiger partial charge in [0.15, 0.2) is 0 Å². The monoisotopic (exact) mass is 248 g/mol. The minimum absolute atomic E-state index is 0.296. The van der Waals surface area contributed by atoms with Crippen LogP contribution in [-0.4, -0.2) is 13.7 Å². The maximum atomic E-state index is 13.2. The Balaban J connectivity index is 2.31. The minimum Gasteiger partial charge on any atom is -0.396 e. The van der Waals surface area contributed by atoms with Crippen molar-refractivity contribution in [2.75, 3.05) is 10.5 Å². The van der Waals surface area contributed by atoms with Gasteiger partial charge in [0.1, 0.15) is 11.6 Å². The third kappa shape index (κ3) is 2.08. The average Bonchev–Trinajstić information content (AvgIpc) is 2.96. The highest BCUT2D eigenvalue weighted by molar-refractivity contribution is 7.93. The Kier molecular flexibility index (Phi) is 2.49. The molecule has 16 heavy (non-hydrogen) atoms. The van der Waals surface area contributed by atoms with Gasteiger partial charge in [0.25, 0.3) is 0 Å². The van der Waals surface area contributed by atoms with Crippen LogP contribution in [0.2, 0.25) is 0 Å². The van der Waals surface area contributed by atoms with Gasteiger partial charge >= 0.3 is 0 Å². The Morgan fingerprint density at radius 2 is 1.88 bits per heavy atom. The number of anilines is 2. The predicted molar refractivity (Wildman–Crippen MR) is 56.3 cm³/mol. The van der Waals surface area contributed by atoms with Crippen LogP contribution < -0.4 is 10.5 Å². The van der Waals surface area contributed by atoms with E-state index in [1.807, 2.05) is 0 Å². The van der Waals surface area contributed by atoms with Crippen LogP contribution in [0.3, 0.4) is 0 Å². The molecule has 88 valence electrons. The highest BCUT2D eigenvalue weighted by atomic mass is 32.2. The molecule has 3 N–H and O–H groups in total. The van der Waals surface area contributed by atoms with Crippen molar-refractivity contribution in [3.63, 3.8) is 0 Å². The molecule has 1 saturated carbocycles. The van der Waals surface area contributed by atoms with E-state index >= 15 is 0 Å². The lowest BCUT2D eigenvalue weighted by atomic mass is 10.2. The van der Waals surface area contributed by atoms with Crippen LogP contribution in [0.4, 0.5) is 20.2 Å². The van der Waals surface area contributed by atoms with Crippen LogP contribution in [0.5, 0.6) is 0 Å². The molecule has 0 atom stereocenters. The molecule has 1 aliphatic carbocycles. The lowest BCUT2D eigenvalue weighted by molar-refractivity contribution is 0.585. The number of nitrogen functional groups attached to an aromatic ring is 1. The summed E-state index contributed by atoms with van der Waals surface area (Å²) >= 11 is 0. The summed E-state index contributed by atoms with van der Waals surface area (Å²) in [4.78, 5) is 0. The molecule has 0 saturated heterocycles. The van der Waals surface area contributed by atoms with Crippen LogP contribution in [0.1, 0.15) is 12.8 Å². The predicted octanol–water partition coefficient (Wildman–Crippen LogP) is 1.45. The van der Waals surface area contributed by atoms with Crippen molar-refractivity contribution in [3.8, 4) is 0 Å². The second-order valence-electron chi connectivity index (χ2n) is 3.70. The summed E-state index contributed by atoms with van der Waals surface area (Å²) in [6.07, 6.45) is 1.13. The number of hydrogen-bond acceptors (Lipinski definition) is 3. The summed E-state index contributed by atoms with van der Waals surface area (Å²) in [7, 11) is -3.56. The van der Waals surface area contributed by atoms with Crippen LogP contribution in [0.15, 0.2) is 12.1 Å². The van der Waals surface area contributed by atoms with Crippen LogP contribution in [0.25, 0.3) is 0 Å². The number of halogens is 2. The van der Waals surface area contributed by atoms with Gasteiger partial charge < -0.3 is 5.73 Å². The van der Waals surface area contributed by atoms with Gasteiger partial charge in [-0.25, -0.2) is 17.2 Å². The fourth-order valence-corrected chi connectivity index (χ4v) is 2.65. The summed E-state index contributed by atoms with van der Waals surface area (Å²) in [5, 5.41) is -0.474. The molecule has 7 heteroatoms. The van der Waals surface area contributed by atoms with Gasteiger partial charge in [-0.1, -0.05) is 0 Å². The smallest absolute Gasteiger partial charge is 0.235 e. The third-order valence-electron chi connectivity index (χ3n) is 2.30. The van der Waals surface area contributed by atoms with Crippen molar-refractivity contribution < 1.29 is 17.2 Å². The molecule has 1 aromatic carbocycles. The number of rotatable bonds is 3. The molecule has 1 aliphatic rings. The maximum Gasteiger partial charge on any atom is 0.235 e. The first-order valence-corrected chi connectivity index (χ1v) is 6.21. The molecular formula is C9H10F2N2O2S. The molecule has 0 radical (unpaired) electrons. The van der Waals surface area contributed by atoms with E-state index in [1.165, 1.54) is 0 Å². The highest BCUT2D eigenvalue weighted by Gasteiger charge is 2.36. The molecule has 0 bridgehead atoms. The van der Waals surface area contributed by atoms with Crippen LogP contribution in [-0.2, 0) is 10.0 Å². The van der Waals surface area contributed by atoms with Gasteiger partial charge in [0, 0.05) is 6.07 Å². The van der Waals surface area contributed by atoms with E-state index in [0.29, 0.717) is 18.9 Å². The van der Waals surface area contributed by atoms with Gasteiger partial charge in [0.05, 0.1) is 16.6 Å². The topological polar surface area (TPSA) is 72.2 Å². The molecular weight excluding hydrogens is 238 g/mol. The van der Waals surface area contributed by atoms with Gasteiger partial charge in [-0.3, -0.25) is 4.72 Å². The highest BCUT2D eigenvalue weighted by Crippen LogP contribution is 2.31. The molecule has 0 aromatic heterocycles. The summed E-state index contributed by atoms with van der Waals surface area (Å²) in [5.41, 5.74) is 4.61. The summed E-state index contributed by atoms with van der Waals surface area (Å²) in [5.74, 6) is -1.89. The van der Waals surface area contributed by atoms with Crippen molar-refractivity contribution in [3.05, 3.63) is 23.8 Å². The summed E-state index contributed by atoms with van der Waals surface area (Å²) in [6.45, 7) is 0. The molecule has 0 spiro atoms. The normalized spacial score (nSPS) is 16.1. The Morgan fingerprint density at radius 3 is 2.44 bits per heavy atom. The molecule has 2 rings (SSSR count). The Hall–Kier alpha value is -1.37. The van der Waals surface area contributed by atoms with Crippen molar-refractivity contribution in [2.45, 2.75) is 18.1 Å². The summed E-state index contributed by atoms with van der Waals surface area (Å²) in [6, 6.07) is 1.49. The first-order chi connectivity index (χ1) is 7.40. The number of nitrogens with two attached hydrogens (primary N) is 1. The van der Waals surface area contributed by atoms with Crippen molar-refractivity contribution in [1.29, 1.82) is 0 Å². The van der Waals surface area contributed by atoms with E-state index in [1.54, 1.807) is 0 Å². The van der Waals surface area contributed by atoms with Crippen molar-refractivity contribution >= 4 is 21.4 Å². The number of sulfonamides is 1. The molecule has 0 heterocycles. The quantitative estimate of drug-likeness (QED) is 0.795. The van der Waals surface area contributed by atoms with Crippen LogP contribution >= 0.6 is 0 Å². The van der Waals surface area contributed by atoms with E-state index in [-0.39, 0.29) is 11.4 Å². The van der Waals surface area contributed by atoms with E-state index in [2.05, 4.69) is 4.72 Å². The lowest BCUT2D eigenvalue weighted by Gasteiger charge is -2.09. The van der Waals surface area contributed by atoms with Gasteiger partial charge in [0.2, 0.25) is 10.0 Å². The SMILES string of the molecule is Nc1cc(NS(=O)(=O)C2CC2)c(F)cc1F. The van der Waals surface area contributed by atoms with Crippen molar-refractivity contribution in [1.82, 2.24) is 0 Å². The lowest BCUT2D eigenvalue weighted by Crippen LogP contribution is -2.18. The zero-order valence-electron chi connectivity index (χ0n) is 8.20. The fraction of sp³-hybridized carbons (Fsp3) is 0.333. The first-order valence-electron chi connectivity index (χ1n) is 4.66. The van der Waals surface area contributed by atoms with E-state index in [9.17, 15) is 17.2 Å². The molecule has 0 amide bonds. The van der Waals surface area contributed by atoms with Gasteiger partial charge in [-0.2, -0.15) is 0 Å². The third-order valence-corrected chi connectivity index (χ3v) is 4.16. The second kappa shape index (κ2) is 3.58. The molecule has 1 aromatic rings. The standard InChI is InChI=1S/C9H10F2N2O2S/c10-6-3-7(11)9(4-8(6)12)13-16(14,15)5-1-2-5/h3-5,13H,1-2,12H2.